The summed E-state index contributed by atoms with van der Waals surface area (Å²) in [7, 11) is 0. The fraction of sp³-hybridized carbons (Fsp3) is 0.933. The molecule has 2 aliphatic carbocycles. The van der Waals surface area contributed by atoms with Gasteiger partial charge >= 0.3 is 0 Å². The lowest BCUT2D eigenvalue weighted by molar-refractivity contribution is -0.127. The van der Waals surface area contributed by atoms with Crippen LogP contribution in [0.4, 0.5) is 0 Å². The minimum atomic E-state index is 0.297. The van der Waals surface area contributed by atoms with Crippen LogP contribution in [0.3, 0.4) is 0 Å². The minimum Gasteiger partial charge on any atom is -0.355 e. The van der Waals surface area contributed by atoms with Crippen LogP contribution in [0.25, 0.3) is 0 Å². The molecule has 0 bridgehead atoms. The summed E-state index contributed by atoms with van der Waals surface area (Å²) in [4.78, 5) is 12.1. The second kappa shape index (κ2) is 7.13. The van der Waals surface area contributed by atoms with Crippen LogP contribution in [0.5, 0.6) is 0 Å². The third kappa shape index (κ3) is 3.71. The minimum absolute atomic E-state index is 0.297. The van der Waals surface area contributed by atoms with Gasteiger partial charge in [-0.2, -0.15) is 0 Å². The van der Waals surface area contributed by atoms with Crippen LogP contribution < -0.4 is 10.6 Å². The van der Waals surface area contributed by atoms with E-state index in [0.29, 0.717) is 11.8 Å². The Labute approximate surface area is 111 Å². The normalized spacial score (nSPS) is 31.7. The summed E-state index contributed by atoms with van der Waals surface area (Å²) in [5.74, 6) is 2.38. The van der Waals surface area contributed by atoms with Crippen LogP contribution in [0.2, 0.25) is 0 Å². The van der Waals surface area contributed by atoms with Crippen LogP contribution in [0.1, 0.15) is 51.9 Å². The fourth-order valence-electron chi connectivity index (χ4n) is 3.71. The molecule has 0 radical (unpaired) electrons. The first-order valence-corrected chi connectivity index (χ1v) is 7.79. The monoisotopic (exact) mass is 252 g/mol. The van der Waals surface area contributed by atoms with Crippen molar-refractivity contribution in [3.63, 3.8) is 0 Å². The lowest BCUT2D eigenvalue weighted by Crippen LogP contribution is -2.39. The Bertz CT molecular complexity index is 267. The molecule has 18 heavy (non-hydrogen) atoms. The molecule has 104 valence electrons. The molecule has 2 aliphatic rings. The van der Waals surface area contributed by atoms with E-state index < -0.39 is 0 Å². The number of nitrogens with one attached hydrogen (secondary N) is 2. The van der Waals surface area contributed by atoms with Gasteiger partial charge in [-0.05, 0) is 37.6 Å². The van der Waals surface area contributed by atoms with E-state index in [-0.39, 0.29) is 0 Å². The molecule has 2 fully saturated rings. The number of likely N-dealkylation sites (N-methyl/N-ethyl adjacent to an activating group) is 1. The van der Waals surface area contributed by atoms with Gasteiger partial charge in [0, 0.05) is 19.0 Å². The molecular weight excluding hydrogens is 224 g/mol. The smallest absolute Gasteiger partial charge is 0.223 e. The van der Waals surface area contributed by atoms with Gasteiger partial charge in [0.1, 0.15) is 0 Å². The van der Waals surface area contributed by atoms with Gasteiger partial charge in [0.25, 0.3) is 0 Å². The van der Waals surface area contributed by atoms with E-state index in [4.69, 9.17) is 0 Å². The third-order valence-corrected chi connectivity index (χ3v) is 4.76. The Hall–Kier alpha value is -0.570. The molecule has 2 N–H and O–H groups in total. The molecular formula is C15H28N2O. The van der Waals surface area contributed by atoms with Crippen molar-refractivity contribution in [1.82, 2.24) is 10.6 Å². The lowest BCUT2D eigenvalue weighted by Gasteiger charge is -2.38. The van der Waals surface area contributed by atoms with Gasteiger partial charge in [0.05, 0.1) is 0 Å². The third-order valence-electron chi connectivity index (χ3n) is 4.76. The van der Waals surface area contributed by atoms with Crippen molar-refractivity contribution in [3.8, 4) is 0 Å². The highest BCUT2D eigenvalue weighted by atomic mass is 16.1. The van der Waals surface area contributed by atoms with Gasteiger partial charge in [-0.1, -0.05) is 32.6 Å². The maximum atomic E-state index is 12.1. The number of amides is 1. The average molecular weight is 252 g/mol. The summed E-state index contributed by atoms with van der Waals surface area (Å²) in [6.07, 6.45) is 9.14. The van der Waals surface area contributed by atoms with E-state index in [2.05, 4.69) is 17.6 Å². The Morgan fingerprint density at radius 2 is 1.83 bits per heavy atom. The Morgan fingerprint density at radius 3 is 2.61 bits per heavy atom. The molecule has 0 saturated heterocycles. The maximum Gasteiger partial charge on any atom is 0.223 e. The summed E-state index contributed by atoms with van der Waals surface area (Å²) in [6, 6.07) is 0. The summed E-state index contributed by atoms with van der Waals surface area (Å²) in [5, 5.41) is 6.32. The molecule has 1 amide bonds. The van der Waals surface area contributed by atoms with Crippen molar-refractivity contribution in [2.24, 2.45) is 17.8 Å². The van der Waals surface area contributed by atoms with E-state index in [9.17, 15) is 4.79 Å². The largest absolute Gasteiger partial charge is 0.355 e. The topological polar surface area (TPSA) is 41.1 Å². The number of carbonyl (C=O) groups excluding carboxylic acids is 1. The standard InChI is InChI=1S/C15H28N2O/c1-2-16-9-10-17-15(18)14-8-7-12-5-3-4-6-13(12)11-14/h12-14,16H,2-11H2,1H3,(H,17,18). The summed E-state index contributed by atoms with van der Waals surface area (Å²) in [6.45, 7) is 4.73. The Balaban J connectivity index is 1.71. The lowest BCUT2D eigenvalue weighted by atomic mass is 9.67. The molecule has 3 heteroatoms. The SMILES string of the molecule is CCNCCNC(=O)C1CCC2CCCCC2C1. The van der Waals surface area contributed by atoms with Crippen molar-refractivity contribution in [2.75, 3.05) is 19.6 Å². The molecule has 0 aromatic carbocycles. The first-order chi connectivity index (χ1) is 8.81. The number of hydrogen-bond donors (Lipinski definition) is 2. The first-order valence-electron chi connectivity index (χ1n) is 7.79. The molecule has 0 heterocycles. The molecule has 0 aliphatic heterocycles. The number of hydrogen-bond acceptors (Lipinski definition) is 2. The average Bonchev–Trinajstić information content (AvgIpc) is 2.43. The van der Waals surface area contributed by atoms with E-state index in [0.717, 1.165) is 44.3 Å². The highest BCUT2D eigenvalue weighted by molar-refractivity contribution is 5.78. The number of carbonyl (C=O) groups is 1. The van der Waals surface area contributed by atoms with Gasteiger partial charge in [0.2, 0.25) is 5.91 Å². The van der Waals surface area contributed by atoms with Crippen LogP contribution in [-0.2, 0) is 4.79 Å². The van der Waals surface area contributed by atoms with Crippen molar-refractivity contribution in [2.45, 2.75) is 51.9 Å². The van der Waals surface area contributed by atoms with E-state index in [1.54, 1.807) is 0 Å². The zero-order valence-corrected chi connectivity index (χ0v) is 11.7. The summed E-state index contributed by atoms with van der Waals surface area (Å²) < 4.78 is 0. The zero-order chi connectivity index (χ0) is 12.8. The van der Waals surface area contributed by atoms with Crippen LogP contribution >= 0.6 is 0 Å². The number of rotatable bonds is 5. The van der Waals surface area contributed by atoms with Gasteiger partial charge in [0.15, 0.2) is 0 Å². The van der Waals surface area contributed by atoms with Gasteiger partial charge < -0.3 is 10.6 Å². The molecule has 2 saturated carbocycles. The molecule has 0 aromatic rings. The molecule has 3 nitrogen and oxygen atoms in total. The zero-order valence-electron chi connectivity index (χ0n) is 11.7. The van der Waals surface area contributed by atoms with Crippen molar-refractivity contribution in [3.05, 3.63) is 0 Å². The fourth-order valence-corrected chi connectivity index (χ4v) is 3.71. The van der Waals surface area contributed by atoms with Crippen LogP contribution in [0, 0.1) is 17.8 Å². The van der Waals surface area contributed by atoms with E-state index in [1.165, 1.54) is 32.1 Å². The second-order valence-corrected chi connectivity index (χ2v) is 5.96. The van der Waals surface area contributed by atoms with Gasteiger partial charge in [-0.15, -0.1) is 0 Å². The summed E-state index contributed by atoms with van der Waals surface area (Å²) in [5.41, 5.74) is 0. The van der Waals surface area contributed by atoms with Gasteiger partial charge in [-0.3, -0.25) is 4.79 Å². The molecule has 0 aromatic heterocycles. The Kier molecular flexibility index (Phi) is 5.48. The first kappa shape index (κ1) is 13.9. The van der Waals surface area contributed by atoms with E-state index in [1.807, 2.05) is 0 Å². The molecule has 3 atom stereocenters. The Morgan fingerprint density at radius 1 is 1.06 bits per heavy atom. The molecule has 3 unspecified atom stereocenters. The van der Waals surface area contributed by atoms with Crippen LogP contribution in [0.15, 0.2) is 0 Å². The van der Waals surface area contributed by atoms with Crippen molar-refractivity contribution < 1.29 is 4.79 Å². The summed E-state index contributed by atoms with van der Waals surface area (Å²) >= 11 is 0. The van der Waals surface area contributed by atoms with E-state index >= 15 is 0 Å². The highest BCUT2D eigenvalue weighted by Crippen LogP contribution is 2.42. The second-order valence-electron chi connectivity index (χ2n) is 5.96. The maximum absolute atomic E-state index is 12.1. The predicted molar refractivity (Wildman–Crippen MR) is 74.3 cm³/mol. The van der Waals surface area contributed by atoms with Crippen molar-refractivity contribution in [1.29, 1.82) is 0 Å². The van der Waals surface area contributed by atoms with Gasteiger partial charge in [-0.25, -0.2) is 0 Å². The molecule has 0 spiro atoms. The van der Waals surface area contributed by atoms with Crippen molar-refractivity contribution >= 4 is 5.91 Å². The predicted octanol–water partition coefficient (Wildman–Crippen LogP) is 2.32. The quantitative estimate of drug-likeness (QED) is 0.737. The number of fused-ring (bicyclic) bond motifs is 1. The van der Waals surface area contributed by atoms with Crippen LogP contribution in [-0.4, -0.2) is 25.5 Å². The highest BCUT2D eigenvalue weighted by Gasteiger charge is 2.34. The molecule has 2 rings (SSSR count).